The molecule has 1 aromatic rings. The van der Waals surface area contributed by atoms with E-state index in [9.17, 15) is 14.9 Å². The lowest BCUT2D eigenvalue weighted by Crippen LogP contribution is -2.42. The van der Waals surface area contributed by atoms with Crippen molar-refractivity contribution in [2.24, 2.45) is 5.92 Å². The molecule has 1 fully saturated rings. The Bertz CT molecular complexity index is 579. The van der Waals surface area contributed by atoms with Crippen molar-refractivity contribution >= 4 is 29.0 Å². The minimum Gasteiger partial charge on any atom is -0.325 e. The Morgan fingerprint density at radius 2 is 2.18 bits per heavy atom. The predicted octanol–water partition coefficient (Wildman–Crippen LogP) is 4.29. The molecule has 0 bridgehead atoms. The summed E-state index contributed by atoms with van der Waals surface area (Å²) in [6.45, 7) is 2.20. The number of nitro groups is 1. The van der Waals surface area contributed by atoms with Crippen LogP contribution in [0.4, 0.5) is 16.2 Å². The molecule has 1 aliphatic rings. The number of benzene rings is 1. The van der Waals surface area contributed by atoms with Crippen molar-refractivity contribution in [1.29, 1.82) is 0 Å². The molecule has 1 N–H and O–H groups in total. The van der Waals surface area contributed by atoms with Crippen molar-refractivity contribution in [3.8, 4) is 0 Å². The van der Waals surface area contributed by atoms with Crippen LogP contribution in [-0.4, -0.2) is 28.9 Å². The molecule has 0 radical (unpaired) electrons. The van der Waals surface area contributed by atoms with Gasteiger partial charge in [-0.25, -0.2) is 4.79 Å². The van der Waals surface area contributed by atoms with E-state index in [4.69, 9.17) is 11.6 Å². The summed E-state index contributed by atoms with van der Waals surface area (Å²) in [6, 6.07) is 4.00. The molecule has 2 atom stereocenters. The molecule has 1 saturated carbocycles. The molecule has 2 rings (SSSR count). The molecule has 2 amide bonds. The SMILES string of the molecule is CC1CCCC(N(C)C(=O)Nc2ccc([N+](=O)[O-])cc2Cl)C1. The summed E-state index contributed by atoms with van der Waals surface area (Å²) in [6.07, 6.45) is 4.34. The summed E-state index contributed by atoms with van der Waals surface area (Å²) < 4.78 is 0. The van der Waals surface area contributed by atoms with Gasteiger partial charge in [0.1, 0.15) is 0 Å². The smallest absolute Gasteiger partial charge is 0.321 e. The largest absolute Gasteiger partial charge is 0.325 e. The van der Waals surface area contributed by atoms with E-state index in [0.717, 1.165) is 19.3 Å². The maximum Gasteiger partial charge on any atom is 0.321 e. The number of hydrogen-bond donors (Lipinski definition) is 1. The first-order valence-corrected chi connectivity index (χ1v) is 7.74. The molecule has 0 heterocycles. The van der Waals surface area contributed by atoms with Gasteiger partial charge in [-0.15, -0.1) is 0 Å². The maximum absolute atomic E-state index is 12.3. The zero-order valence-corrected chi connectivity index (χ0v) is 13.5. The van der Waals surface area contributed by atoms with Crippen LogP contribution in [0.3, 0.4) is 0 Å². The van der Waals surface area contributed by atoms with Gasteiger partial charge in [-0.2, -0.15) is 0 Å². The fourth-order valence-corrected chi connectivity index (χ4v) is 3.06. The number of carbonyl (C=O) groups excluding carboxylic acids is 1. The van der Waals surface area contributed by atoms with Gasteiger partial charge in [0.05, 0.1) is 15.6 Å². The van der Waals surface area contributed by atoms with Crippen LogP contribution >= 0.6 is 11.6 Å². The zero-order valence-electron chi connectivity index (χ0n) is 12.7. The van der Waals surface area contributed by atoms with Crippen molar-refractivity contribution in [3.63, 3.8) is 0 Å². The summed E-state index contributed by atoms with van der Waals surface area (Å²) in [4.78, 5) is 24.2. The lowest BCUT2D eigenvalue weighted by atomic mass is 9.86. The Labute approximate surface area is 134 Å². The number of nitrogens with zero attached hydrogens (tertiary/aromatic N) is 2. The number of rotatable bonds is 3. The molecule has 0 aromatic heterocycles. The number of anilines is 1. The van der Waals surface area contributed by atoms with Crippen LogP contribution in [0, 0.1) is 16.0 Å². The van der Waals surface area contributed by atoms with Gasteiger partial charge in [0.2, 0.25) is 0 Å². The Balaban J connectivity index is 2.03. The maximum atomic E-state index is 12.3. The van der Waals surface area contributed by atoms with Crippen molar-refractivity contribution in [2.45, 2.75) is 38.6 Å². The Hall–Kier alpha value is -1.82. The second-order valence-corrected chi connectivity index (χ2v) is 6.30. The van der Waals surface area contributed by atoms with Gasteiger partial charge in [-0.05, 0) is 24.8 Å². The summed E-state index contributed by atoms with van der Waals surface area (Å²) in [5, 5.41) is 13.6. The van der Waals surface area contributed by atoms with E-state index in [1.807, 2.05) is 0 Å². The van der Waals surface area contributed by atoms with Gasteiger partial charge in [0.15, 0.2) is 0 Å². The fourth-order valence-electron chi connectivity index (χ4n) is 2.84. The second-order valence-electron chi connectivity index (χ2n) is 5.89. The average molecular weight is 326 g/mol. The molecule has 120 valence electrons. The van der Waals surface area contributed by atoms with Gasteiger partial charge < -0.3 is 10.2 Å². The second kappa shape index (κ2) is 6.96. The Morgan fingerprint density at radius 3 is 2.77 bits per heavy atom. The molecule has 6 nitrogen and oxygen atoms in total. The molecule has 1 aromatic carbocycles. The van der Waals surface area contributed by atoms with E-state index in [-0.39, 0.29) is 22.8 Å². The molecule has 0 aliphatic heterocycles. The highest BCUT2D eigenvalue weighted by Gasteiger charge is 2.25. The van der Waals surface area contributed by atoms with Crippen molar-refractivity contribution in [1.82, 2.24) is 4.90 Å². The van der Waals surface area contributed by atoms with Crippen LogP contribution in [0.2, 0.25) is 5.02 Å². The quantitative estimate of drug-likeness (QED) is 0.665. The number of non-ortho nitro benzene ring substituents is 1. The monoisotopic (exact) mass is 325 g/mol. The first-order valence-electron chi connectivity index (χ1n) is 7.36. The van der Waals surface area contributed by atoms with Gasteiger partial charge in [0.25, 0.3) is 5.69 Å². The van der Waals surface area contributed by atoms with Crippen LogP contribution < -0.4 is 5.32 Å². The Kier molecular flexibility index (Phi) is 5.24. The standard InChI is InChI=1S/C15H20ClN3O3/c1-10-4-3-5-11(8-10)18(2)15(20)17-14-7-6-12(19(21)22)9-13(14)16/h6-7,9-11H,3-5,8H2,1-2H3,(H,17,20). The van der Waals surface area contributed by atoms with E-state index >= 15 is 0 Å². The summed E-state index contributed by atoms with van der Waals surface area (Å²) >= 11 is 5.99. The number of hydrogen-bond acceptors (Lipinski definition) is 3. The van der Waals surface area contributed by atoms with Crippen LogP contribution in [-0.2, 0) is 0 Å². The van der Waals surface area contributed by atoms with Crippen LogP contribution in [0.25, 0.3) is 0 Å². The summed E-state index contributed by atoms with van der Waals surface area (Å²) in [5.74, 6) is 0.622. The summed E-state index contributed by atoms with van der Waals surface area (Å²) in [7, 11) is 1.78. The van der Waals surface area contributed by atoms with E-state index in [1.54, 1.807) is 11.9 Å². The number of urea groups is 1. The molecular formula is C15H20ClN3O3. The first-order chi connectivity index (χ1) is 10.4. The highest BCUT2D eigenvalue weighted by atomic mass is 35.5. The number of carbonyl (C=O) groups is 1. The topological polar surface area (TPSA) is 75.5 Å². The lowest BCUT2D eigenvalue weighted by molar-refractivity contribution is -0.384. The minimum absolute atomic E-state index is 0.0996. The highest BCUT2D eigenvalue weighted by Crippen LogP contribution is 2.29. The van der Waals surface area contributed by atoms with Crippen molar-refractivity contribution in [2.75, 3.05) is 12.4 Å². The molecule has 22 heavy (non-hydrogen) atoms. The average Bonchev–Trinajstić information content (AvgIpc) is 2.48. The van der Waals surface area contributed by atoms with E-state index in [1.165, 1.54) is 24.6 Å². The van der Waals surface area contributed by atoms with Crippen molar-refractivity contribution < 1.29 is 9.72 Å². The third-order valence-corrected chi connectivity index (χ3v) is 4.49. The van der Waals surface area contributed by atoms with Crippen LogP contribution in [0.5, 0.6) is 0 Å². The Morgan fingerprint density at radius 1 is 1.45 bits per heavy atom. The number of nitrogens with one attached hydrogen (secondary N) is 1. The van der Waals surface area contributed by atoms with Crippen LogP contribution in [0.1, 0.15) is 32.6 Å². The number of amides is 2. The molecule has 7 heteroatoms. The molecule has 2 unspecified atom stereocenters. The highest BCUT2D eigenvalue weighted by molar-refractivity contribution is 6.33. The van der Waals surface area contributed by atoms with E-state index in [0.29, 0.717) is 11.6 Å². The van der Waals surface area contributed by atoms with Gasteiger partial charge >= 0.3 is 6.03 Å². The number of nitro benzene ring substituents is 1. The molecule has 0 saturated heterocycles. The first kappa shape index (κ1) is 16.5. The lowest BCUT2D eigenvalue weighted by Gasteiger charge is -2.34. The fraction of sp³-hybridized carbons (Fsp3) is 0.533. The van der Waals surface area contributed by atoms with E-state index in [2.05, 4.69) is 12.2 Å². The summed E-state index contributed by atoms with van der Waals surface area (Å²) in [5.41, 5.74) is 0.283. The molecule has 0 spiro atoms. The van der Waals surface area contributed by atoms with Gasteiger partial charge in [0, 0.05) is 25.2 Å². The molecular weight excluding hydrogens is 306 g/mol. The third kappa shape index (κ3) is 3.88. The molecule has 1 aliphatic carbocycles. The predicted molar refractivity (Wildman–Crippen MR) is 86.3 cm³/mol. The normalized spacial score (nSPS) is 21.2. The van der Waals surface area contributed by atoms with Gasteiger partial charge in [-0.3, -0.25) is 10.1 Å². The number of halogens is 1. The zero-order chi connectivity index (χ0) is 16.3. The van der Waals surface area contributed by atoms with Crippen molar-refractivity contribution in [3.05, 3.63) is 33.3 Å². The third-order valence-electron chi connectivity index (χ3n) is 4.18. The van der Waals surface area contributed by atoms with E-state index < -0.39 is 4.92 Å². The van der Waals surface area contributed by atoms with Crippen LogP contribution in [0.15, 0.2) is 18.2 Å². The minimum atomic E-state index is -0.521. The van der Waals surface area contributed by atoms with Gasteiger partial charge in [-0.1, -0.05) is 31.4 Å².